The molecule has 29 heavy (non-hydrogen) atoms. The maximum Gasteiger partial charge on any atom is 0.174 e. The zero-order valence-corrected chi connectivity index (χ0v) is 17.8. The highest BCUT2D eigenvalue weighted by Gasteiger charge is 2.32. The first kappa shape index (κ1) is 19.7. The van der Waals surface area contributed by atoms with Crippen LogP contribution in [0.5, 0.6) is 11.5 Å². The number of halogens is 1. The van der Waals surface area contributed by atoms with Crippen molar-refractivity contribution in [3.63, 3.8) is 0 Å². The third-order valence-corrected chi connectivity index (χ3v) is 6.32. The summed E-state index contributed by atoms with van der Waals surface area (Å²) in [5.74, 6) is 1.07. The second kappa shape index (κ2) is 8.39. The molecule has 2 heterocycles. The number of methoxy groups -OCH3 is 2. The Kier molecular flexibility index (Phi) is 5.69. The minimum Gasteiger partial charge on any atom is -0.493 e. The predicted octanol–water partition coefficient (Wildman–Crippen LogP) is 5.25. The number of nitrogens with one attached hydrogen (secondary N) is 1. The summed E-state index contributed by atoms with van der Waals surface area (Å²) in [6.45, 7) is 0.714. The Hall–Kier alpha value is -2.64. The molecule has 1 atom stereocenters. The van der Waals surface area contributed by atoms with E-state index in [0.717, 1.165) is 22.6 Å². The smallest absolute Gasteiger partial charge is 0.174 e. The molecular weight excluding hydrogens is 407 g/mol. The van der Waals surface area contributed by atoms with Crippen molar-refractivity contribution in [1.82, 2.24) is 4.90 Å². The van der Waals surface area contributed by atoms with Crippen LogP contribution in [0.25, 0.3) is 0 Å². The van der Waals surface area contributed by atoms with Crippen molar-refractivity contribution in [1.29, 1.82) is 0 Å². The first-order chi connectivity index (χ1) is 14.1. The Bertz CT molecular complexity index is 1020. The summed E-state index contributed by atoms with van der Waals surface area (Å²) >= 11 is 7.37. The Labute approximate surface area is 178 Å². The number of hydrogen-bond donors (Lipinski definition) is 1. The van der Waals surface area contributed by atoms with Crippen LogP contribution in [-0.4, -0.2) is 30.8 Å². The van der Waals surface area contributed by atoms with E-state index in [0.29, 0.717) is 23.1 Å². The molecule has 0 radical (unpaired) electrons. The van der Waals surface area contributed by atoms with Gasteiger partial charge < -0.3 is 19.7 Å². The maximum atomic E-state index is 14.1. The number of thiocarbonyl (C=S) groups is 1. The molecule has 4 nitrogen and oxygen atoms in total. The quantitative estimate of drug-likeness (QED) is 0.574. The molecule has 1 N–H and O–H groups in total. The molecule has 150 valence electrons. The molecular formula is C22H21FN2O2S2. The monoisotopic (exact) mass is 428 g/mol. The summed E-state index contributed by atoms with van der Waals surface area (Å²) in [5, 5.41) is 5.63. The molecule has 0 saturated heterocycles. The van der Waals surface area contributed by atoms with Gasteiger partial charge in [-0.1, -0.05) is 18.2 Å². The standard InChI is InChI=1S/C22H21FN2O2S2/c1-26-18-12-14-9-10-25(22(28)24-17-7-4-3-6-16(17)23)21(20-8-5-11-29-20)15(14)13-19(18)27-2/h3-8,11-13,21H,9-10H2,1-2H3,(H,24,28). The van der Waals surface area contributed by atoms with E-state index in [-0.39, 0.29) is 11.9 Å². The minimum atomic E-state index is -0.327. The fourth-order valence-corrected chi connectivity index (χ4v) is 4.83. The molecule has 2 aromatic carbocycles. The van der Waals surface area contributed by atoms with E-state index in [1.54, 1.807) is 43.8 Å². The van der Waals surface area contributed by atoms with Gasteiger partial charge in [-0.3, -0.25) is 0 Å². The van der Waals surface area contributed by atoms with Crippen LogP contribution in [0.3, 0.4) is 0 Å². The summed E-state index contributed by atoms with van der Waals surface area (Å²) in [4.78, 5) is 3.28. The number of ether oxygens (including phenoxy) is 2. The number of hydrogen-bond acceptors (Lipinski definition) is 4. The normalized spacial score (nSPS) is 15.6. The topological polar surface area (TPSA) is 33.7 Å². The van der Waals surface area contributed by atoms with Crippen molar-refractivity contribution in [2.24, 2.45) is 0 Å². The van der Waals surface area contributed by atoms with Crippen LogP contribution in [0, 0.1) is 5.82 Å². The number of fused-ring (bicyclic) bond motifs is 1. The fourth-order valence-electron chi connectivity index (χ4n) is 3.67. The van der Waals surface area contributed by atoms with E-state index in [9.17, 15) is 4.39 Å². The van der Waals surface area contributed by atoms with Gasteiger partial charge in [-0.05, 0) is 65.5 Å². The zero-order chi connectivity index (χ0) is 20.4. The van der Waals surface area contributed by atoms with Crippen molar-refractivity contribution in [2.75, 3.05) is 26.1 Å². The highest BCUT2D eigenvalue weighted by atomic mass is 32.1. The lowest BCUT2D eigenvalue weighted by Crippen LogP contribution is -2.42. The van der Waals surface area contributed by atoms with Crippen LogP contribution < -0.4 is 14.8 Å². The average Bonchev–Trinajstić information content (AvgIpc) is 3.27. The van der Waals surface area contributed by atoms with E-state index < -0.39 is 0 Å². The zero-order valence-electron chi connectivity index (χ0n) is 16.1. The number of para-hydroxylation sites is 1. The van der Waals surface area contributed by atoms with E-state index in [1.807, 2.05) is 18.2 Å². The van der Waals surface area contributed by atoms with Crippen LogP contribution in [-0.2, 0) is 6.42 Å². The molecule has 0 aliphatic carbocycles. The first-order valence-corrected chi connectivity index (χ1v) is 10.5. The van der Waals surface area contributed by atoms with Crippen molar-refractivity contribution in [3.05, 3.63) is 75.7 Å². The molecule has 7 heteroatoms. The van der Waals surface area contributed by atoms with Crippen molar-refractivity contribution in [3.8, 4) is 11.5 Å². The van der Waals surface area contributed by atoms with Crippen LogP contribution in [0.15, 0.2) is 53.9 Å². The molecule has 0 saturated carbocycles. The Morgan fingerprint density at radius 1 is 1.14 bits per heavy atom. The summed E-state index contributed by atoms with van der Waals surface area (Å²) in [6.07, 6.45) is 0.802. The predicted molar refractivity (Wildman–Crippen MR) is 119 cm³/mol. The van der Waals surface area contributed by atoms with Gasteiger partial charge >= 0.3 is 0 Å². The summed E-state index contributed by atoms with van der Waals surface area (Å²) < 4.78 is 25.2. The number of thiophene rings is 1. The Balaban J connectivity index is 1.74. The summed E-state index contributed by atoms with van der Waals surface area (Å²) in [5.41, 5.74) is 2.69. The van der Waals surface area contributed by atoms with Crippen LogP contribution in [0.2, 0.25) is 0 Å². The fraction of sp³-hybridized carbons (Fsp3) is 0.227. The average molecular weight is 429 g/mol. The van der Waals surface area contributed by atoms with Crippen molar-refractivity contribution >= 4 is 34.4 Å². The minimum absolute atomic E-state index is 0.0784. The Morgan fingerprint density at radius 3 is 2.59 bits per heavy atom. The highest BCUT2D eigenvalue weighted by Crippen LogP contribution is 2.42. The van der Waals surface area contributed by atoms with E-state index in [4.69, 9.17) is 21.7 Å². The molecule has 0 fully saturated rings. The van der Waals surface area contributed by atoms with Crippen molar-refractivity contribution < 1.29 is 13.9 Å². The van der Waals surface area contributed by atoms with Gasteiger partial charge in [0.15, 0.2) is 16.6 Å². The molecule has 1 aromatic heterocycles. The third kappa shape index (κ3) is 3.80. The first-order valence-electron chi connectivity index (χ1n) is 9.22. The highest BCUT2D eigenvalue weighted by molar-refractivity contribution is 7.80. The molecule has 1 aliphatic heterocycles. The molecule has 0 amide bonds. The number of anilines is 1. The van der Waals surface area contributed by atoms with Gasteiger partial charge in [0, 0.05) is 11.4 Å². The van der Waals surface area contributed by atoms with Gasteiger partial charge in [-0.25, -0.2) is 4.39 Å². The van der Waals surface area contributed by atoms with Crippen LogP contribution in [0.4, 0.5) is 10.1 Å². The van der Waals surface area contributed by atoms with Crippen molar-refractivity contribution in [2.45, 2.75) is 12.5 Å². The molecule has 1 unspecified atom stereocenters. The van der Waals surface area contributed by atoms with Gasteiger partial charge in [0.05, 0.1) is 25.9 Å². The van der Waals surface area contributed by atoms with Gasteiger partial charge in [0.2, 0.25) is 0 Å². The number of nitrogens with zero attached hydrogens (tertiary/aromatic N) is 1. The second-order valence-electron chi connectivity index (χ2n) is 6.68. The number of rotatable bonds is 4. The van der Waals surface area contributed by atoms with Crippen LogP contribution >= 0.6 is 23.6 Å². The maximum absolute atomic E-state index is 14.1. The summed E-state index contributed by atoms with van der Waals surface area (Å²) in [6, 6.07) is 14.7. The lowest BCUT2D eigenvalue weighted by molar-refractivity contribution is 0.333. The van der Waals surface area contributed by atoms with Gasteiger partial charge in [0.1, 0.15) is 5.82 Å². The van der Waals surface area contributed by atoms with Gasteiger partial charge in [-0.15, -0.1) is 11.3 Å². The van der Waals surface area contributed by atoms with E-state index in [1.165, 1.54) is 11.6 Å². The molecule has 4 rings (SSSR count). The van der Waals surface area contributed by atoms with Gasteiger partial charge in [0.25, 0.3) is 0 Å². The van der Waals surface area contributed by atoms with E-state index >= 15 is 0 Å². The molecule has 0 spiro atoms. The third-order valence-electron chi connectivity index (χ3n) is 5.06. The Morgan fingerprint density at radius 2 is 1.90 bits per heavy atom. The molecule has 3 aromatic rings. The largest absolute Gasteiger partial charge is 0.493 e. The van der Waals surface area contributed by atoms with Crippen LogP contribution in [0.1, 0.15) is 22.0 Å². The molecule has 1 aliphatic rings. The van der Waals surface area contributed by atoms with E-state index in [2.05, 4.69) is 21.7 Å². The second-order valence-corrected chi connectivity index (χ2v) is 8.04. The SMILES string of the molecule is COc1cc2c(cc1OC)C(c1cccs1)N(C(=S)Nc1ccccc1F)CC2. The number of benzene rings is 2. The summed E-state index contributed by atoms with van der Waals surface area (Å²) in [7, 11) is 3.28. The molecule has 0 bridgehead atoms. The lowest BCUT2D eigenvalue weighted by Gasteiger charge is -2.39. The van der Waals surface area contributed by atoms with Gasteiger partial charge in [-0.2, -0.15) is 0 Å². The lowest BCUT2D eigenvalue weighted by atomic mass is 9.91.